The Bertz CT molecular complexity index is 1290. The summed E-state index contributed by atoms with van der Waals surface area (Å²) in [6, 6.07) is 5.49. The summed E-state index contributed by atoms with van der Waals surface area (Å²) in [5, 5.41) is 23.7. The van der Waals surface area contributed by atoms with Gasteiger partial charge in [0.1, 0.15) is 0 Å². The number of aliphatic hydroxyl groups is 1. The zero-order valence-electron chi connectivity index (χ0n) is 24.1. The molecule has 3 aliphatic rings. The zero-order chi connectivity index (χ0) is 29.4. The Morgan fingerprint density at radius 1 is 1.41 bits per heavy atom. The van der Waals surface area contributed by atoms with Crippen LogP contribution in [0.3, 0.4) is 0 Å². The van der Waals surface area contributed by atoms with E-state index in [0.717, 1.165) is 19.4 Å². The summed E-state index contributed by atoms with van der Waals surface area (Å²) in [4.78, 5) is 28.9. The molecule has 1 aromatic heterocycles. The standard InChI is InChI=1S/C29H41FN6O4Si/c1-5-13-36-24-9-8-21(32-27(38)20-7-6-12-31-17-20)16-23(24)29(28(36)39)19(2)26(41(3,4)30)25(40-29)10-14-35-18-22(11-15-37)33-34-35/h5,8-9,16,18-20,25-26,31,37H,1,6-7,10-15,17H2,2-4H3,(H,32,38)/t19-,20?,25+,26-,29+/m1/s1. The summed E-state index contributed by atoms with van der Waals surface area (Å²) >= 11 is 0. The van der Waals surface area contributed by atoms with Crippen molar-refractivity contribution in [2.45, 2.75) is 69.5 Å². The van der Waals surface area contributed by atoms with Crippen LogP contribution >= 0.6 is 0 Å². The Hall–Kier alpha value is -2.93. The molecule has 2 saturated heterocycles. The zero-order valence-corrected chi connectivity index (χ0v) is 25.1. The summed E-state index contributed by atoms with van der Waals surface area (Å²) in [5.74, 6) is -0.834. The molecule has 5 atom stereocenters. The maximum absolute atomic E-state index is 16.1. The fraction of sp³-hybridized carbons (Fsp3) is 0.586. The first-order chi connectivity index (χ1) is 19.6. The Kier molecular flexibility index (Phi) is 8.47. The van der Waals surface area contributed by atoms with E-state index in [1.807, 2.05) is 25.1 Å². The number of nitrogens with zero attached hydrogens (tertiary/aromatic N) is 4. The average molecular weight is 585 g/mol. The topological polar surface area (TPSA) is 122 Å². The summed E-state index contributed by atoms with van der Waals surface area (Å²) in [6.45, 7) is 11.4. The third-order valence-corrected chi connectivity index (χ3v) is 11.3. The third kappa shape index (κ3) is 5.50. The van der Waals surface area contributed by atoms with Crippen LogP contribution in [0.4, 0.5) is 15.5 Å². The molecular weight excluding hydrogens is 543 g/mol. The van der Waals surface area contributed by atoms with E-state index in [0.29, 0.717) is 55.1 Å². The van der Waals surface area contributed by atoms with Crippen LogP contribution in [0.25, 0.3) is 0 Å². The predicted octanol–water partition coefficient (Wildman–Crippen LogP) is 3.15. The molecule has 10 nitrogen and oxygen atoms in total. The monoisotopic (exact) mass is 584 g/mol. The molecule has 2 aromatic rings. The van der Waals surface area contributed by atoms with Crippen molar-refractivity contribution in [3.8, 4) is 0 Å². The van der Waals surface area contributed by atoms with Gasteiger partial charge in [-0.05, 0) is 57.1 Å². The fourth-order valence-electron chi connectivity index (χ4n) is 6.96. The van der Waals surface area contributed by atoms with E-state index in [-0.39, 0.29) is 24.3 Å². The van der Waals surface area contributed by atoms with Gasteiger partial charge in [-0.1, -0.05) is 18.2 Å². The smallest absolute Gasteiger partial charge is 0.264 e. The highest BCUT2D eigenvalue weighted by Gasteiger charge is 2.66. The molecule has 1 aromatic carbocycles. The van der Waals surface area contributed by atoms with Gasteiger partial charge in [-0.15, -0.1) is 11.7 Å². The van der Waals surface area contributed by atoms with E-state index in [1.54, 1.807) is 34.9 Å². The highest BCUT2D eigenvalue weighted by atomic mass is 28.4. The number of aryl methyl sites for hydroxylation is 1. The van der Waals surface area contributed by atoms with Gasteiger partial charge in [-0.2, -0.15) is 0 Å². The van der Waals surface area contributed by atoms with Gasteiger partial charge in [0.05, 0.1) is 23.4 Å². The predicted molar refractivity (Wildman–Crippen MR) is 157 cm³/mol. The summed E-state index contributed by atoms with van der Waals surface area (Å²) in [5.41, 5.74) is 0.810. The van der Waals surface area contributed by atoms with Gasteiger partial charge >= 0.3 is 0 Å². The first-order valence-corrected chi connectivity index (χ1v) is 17.5. The highest BCUT2D eigenvalue weighted by molar-refractivity contribution is 6.72. The largest absolute Gasteiger partial charge is 0.396 e. The van der Waals surface area contributed by atoms with Gasteiger partial charge in [0, 0.05) is 61.6 Å². The fourth-order valence-corrected chi connectivity index (χ4v) is 9.50. The first kappa shape index (κ1) is 29.6. The summed E-state index contributed by atoms with van der Waals surface area (Å²) in [6.07, 6.45) is 5.56. The molecule has 0 radical (unpaired) electrons. The number of hydrogen-bond acceptors (Lipinski definition) is 7. The molecule has 4 heterocycles. The van der Waals surface area contributed by atoms with Crippen LogP contribution in [0.2, 0.25) is 18.6 Å². The number of aromatic nitrogens is 3. The van der Waals surface area contributed by atoms with Crippen LogP contribution in [-0.2, 0) is 32.9 Å². The van der Waals surface area contributed by atoms with Crippen molar-refractivity contribution in [3.05, 3.63) is 48.3 Å². The molecule has 1 spiro atoms. The number of fused-ring (bicyclic) bond motifs is 2. The minimum Gasteiger partial charge on any atom is -0.396 e. The lowest BCUT2D eigenvalue weighted by Crippen LogP contribution is -2.45. The normalized spacial score (nSPS) is 27.8. The lowest BCUT2D eigenvalue weighted by atomic mass is 9.82. The van der Waals surface area contributed by atoms with Gasteiger partial charge < -0.3 is 29.5 Å². The number of carbonyl (C=O) groups is 2. The van der Waals surface area contributed by atoms with Crippen molar-refractivity contribution in [2.75, 3.05) is 36.5 Å². The van der Waals surface area contributed by atoms with E-state index in [4.69, 9.17) is 4.74 Å². The number of benzene rings is 1. The van der Waals surface area contributed by atoms with Gasteiger partial charge in [-0.3, -0.25) is 14.3 Å². The minimum atomic E-state index is -3.31. The molecule has 0 aliphatic carbocycles. The number of aliphatic hydroxyl groups excluding tert-OH is 1. The van der Waals surface area contributed by atoms with Crippen LogP contribution in [0.15, 0.2) is 37.1 Å². The Labute approximate surface area is 241 Å². The number of piperidine rings is 1. The second-order valence-corrected chi connectivity index (χ2v) is 15.8. The van der Waals surface area contributed by atoms with Crippen LogP contribution in [0.1, 0.15) is 37.4 Å². The van der Waals surface area contributed by atoms with Crippen molar-refractivity contribution in [1.82, 2.24) is 20.3 Å². The van der Waals surface area contributed by atoms with Gasteiger partial charge in [0.2, 0.25) is 14.3 Å². The Balaban J connectivity index is 1.48. The van der Waals surface area contributed by atoms with E-state index in [2.05, 4.69) is 27.5 Å². The van der Waals surface area contributed by atoms with Crippen molar-refractivity contribution >= 4 is 31.6 Å². The van der Waals surface area contributed by atoms with Crippen LogP contribution in [0.5, 0.6) is 0 Å². The van der Waals surface area contributed by atoms with Crippen LogP contribution < -0.4 is 15.5 Å². The molecule has 3 aliphatic heterocycles. The number of amides is 2. The number of rotatable bonds is 10. The van der Waals surface area contributed by atoms with E-state index >= 15 is 4.11 Å². The molecule has 1 unspecified atom stereocenters. The number of nitrogens with one attached hydrogen (secondary N) is 2. The number of anilines is 2. The second kappa shape index (κ2) is 11.7. The van der Waals surface area contributed by atoms with E-state index in [9.17, 15) is 14.7 Å². The van der Waals surface area contributed by atoms with Crippen molar-refractivity contribution < 1.29 is 23.5 Å². The average Bonchev–Trinajstić information content (AvgIpc) is 3.58. The number of ether oxygens (including phenoxy) is 1. The molecular formula is C29H41FN6O4Si. The van der Waals surface area contributed by atoms with Crippen molar-refractivity contribution in [2.24, 2.45) is 11.8 Å². The maximum Gasteiger partial charge on any atom is 0.264 e. The minimum absolute atomic E-state index is 0.0170. The Morgan fingerprint density at radius 2 is 2.22 bits per heavy atom. The lowest BCUT2D eigenvalue weighted by molar-refractivity contribution is -0.145. The number of carbonyl (C=O) groups excluding carboxylic acids is 2. The third-order valence-electron chi connectivity index (χ3n) is 8.80. The molecule has 12 heteroatoms. The first-order valence-electron chi connectivity index (χ1n) is 14.6. The molecule has 0 saturated carbocycles. The van der Waals surface area contributed by atoms with Crippen LogP contribution in [0, 0.1) is 11.8 Å². The molecule has 222 valence electrons. The molecule has 41 heavy (non-hydrogen) atoms. The quantitative estimate of drug-likeness (QED) is 0.223. The second-order valence-electron chi connectivity index (χ2n) is 12.0. The van der Waals surface area contributed by atoms with E-state index in [1.165, 1.54) is 0 Å². The van der Waals surface area contributed by atoms with Crippen molar-refractivity contribution in [3.63, 3.8) is 0 Å². The van der Waals surface area contributed by atoms with Crippen LogP contribution in [-0.4, -0.2) is 72.7 Å². The van der Waals surface area contributed by atoms with Gasteiger partial charge in [0.15, 0.2) is 5.60 Å². The SMILES string of the molecule is C=CCN1C(=O)[C@@]2(O[C@@H](CCn3cc(CCO)nn3)[C@H]([Si](C)(C)F)[C@H]2C)c2cc(NC(=O)C3CCCNC3)ccc21. The Morgan fingerprint density at radius 3 is 2.90 bits per heavy atom. The number of hydrogen-bond donors (Lipinski definition) is 3. The van der Waals surface area contributed by atoms with Gasteiger partial charge in [0.25, 0.3) is 5.91 Å². The molecule has 3 N–H and O–H groups in total. The molecule has 2 fully saturated rings. The highest BCUT2D eigenvalue weighted by Crippen LogP contribution is 2.60. The molecule has 5 rings (SSSR count). The summed E-state index contributed by atoms with van der Waals surface area (Å²) < 4.78 is 24.5. The van der Waals surface area contributed by atoms with Crippen molar-refractivity contribution in [1.29, 1.82) is 0 Å². The molecule has 0 bridgehead atoms. The lowest BCUT2D eigenvalue weighted by Gasteiger charge is -2.31. The van der Waals surface area contributed by atoms with Gasteiger partial charge in [-0.25, -0.2) is 0 Å². The van der Waals surface area contributed by atoms with E-state index < -0.39 is 31.6 Å². The number of halogens is 1. The summed E-state index contributed by atoms with van der Waals surface area (Å²) in [7, 11) is -3.31. The maximum atomic E-state index is 16.1. The molecule has 2 amide bonds.